The van der Waals surface area contributed by atoms with Crippen LogP contribution in [0.5, 0.6) is 0 Å². The van der Waals surface area contributed by atoms with Gasteiger partial charge in [-0.1, -0.05) is 0 Å². The van der Waals surface area contributed by atoms with Gasteiger partial charge in [0.15, 0.2) is 0 Å². The molecule has 0 fully saturated rings. The van der Waals surface area contributed by atoms with Crippen molar-refractivity contribution < 1.29 is 14.3 Å². The Morgan fingerprint density at radius 2 is 1.88 bits per heavy atom. The van der Waals surface area contributed by atoms with Crippen LogP contribution in [0.2, 0.25) is 0 Å². The normalized spacial score (nSPS) is 10.5. The summed E-state index contributed by atoms with van der Waals surface area (Å²) < 4.78 is 4.98. The molecule has 0 bridgehead atoms. The van der Waals surface area contributed by atoms with Gasteiger partial charge in [0.2, 0.25) is 5.91 Å². The Bertz CT molecular complexity index is 282. The Hall–Kier alpha value is -1.59. The van der Waals surface area contributed by atoms with E-state index in [0.29, 0.717) is 0 Å². The van der Waals surface area contributed by atoms with Crippen molar-refractivity contribution in [1.82, 2.24) is 10.6 Å². The molecule has 6 nitrogen and oxygen atoms in total. The maximum atomic E-state index is 11.2. The molecule has 2 amide bonds. The Labute approximate surface area is 95.2 Å². The van der Waals surface area contributed by atoms with Crippen LogP contribution in [-0.4, -0.2) is 30.0 Å². The number of carbonyl (C=O) groups is 2. The first kappa shape index (κ1) is 14.4. The summed E-state index contributed by atoms with van der Waals surface area (Å²) in [5.41, 5.74) is -0.544. The largest absolute Gasteiger partial charge is 0.444 e. The summed E-state index contributed by atoms with van der Waals surface area (Å²) in [4.78, 5) is 22.2. The molecule has 0 saturated carbocycles. The van der Waals surface area contributed by atoms with Gasteiger partial charge in [0.05, 0.1) is 5.84 Å². The third-order valence-corrected chi connectivity index (χ3v) is 1.35. The van der Waals surface area contributed by atoms with Crippen LogP contribution in [0, 0.1) is 5.41 Å². The molecule has 0 spiro atoms. The van der Waals surface area contributed by atoms with Crippen LogP contribution in [0.15, 0.2) is 0 Å². The Balaban J connectivity index is 3.70. The van der Waals surface area contributed by atoms with Gasteiger partial charge in [0, 0.05) is 13.0 Å². The molecule has 0 radical (unpaired) electrons. The van der Waals surface area contributed by atoms with Crippen molar-refractivity contribution in [1.29, 1.82) is 5.41 Å². The summed E-state index contributed by atoms with van der Waals surface area (Å²) in [6, 6.07) is 0. The number of carbonyl (C=O) groups excluding carboxylic acids is 2. The van der Waals surface area contributed by atoms with Gasteiger partial charge in [-0.15, -0.1) is 0 Å². The molecule has 92 valence electrons. The van der Waals surface area contributed by atoms with Crippen molar-refractivity contribution in [2.24, 2.45) is 0 Å². The second-order valence-electron chi connectivity index (χ2n) is 4.35. The molecular formula is C10H19N3O3. The Morgan fingerprint density at radius 3 is 2.31 bits per heavy atom. The third-order valence-electron chi connectivity index (χ3n) is 1.35. The van der Waals surface area contributed by atoms with Gasteiger partial charge in [-0.05, 0) is 27.7 Å². The molecule has 0 aliphatic rings. The number of hydrogen-bond acceptors (Lipinski definition) is 4. The van der Waals surface area contributed by atoms with Crippen LogP contribution < -0.4 is 10.6 Å². The highest BCUT2D eigenvalue weighted by atomic mass is 16.6. The molecule has 16 heavy (non-hydrogen) atoms. The number of alkyl carbamates (subject to hydrolysis) is 1. The van der Waals surface area contributed by atoms with Crippen molar-refractivity contribution in [3.63, 3.8) is 0 Å². The highest BCUT2D eigenvalue weighted by molar-refractivity contribution is 5.95. The van der Waals surface area contributed by atoms with Crippen LogP contribution >= 0.6 is 0 Å². The zero-order valence-electron chi connectivity index (χ0n) is 10.1. The van der Waals surface area contributed by atoms with E-state index in [4.69, 9.17) is 10.1 Å². The summed E-state index contributed by atoms with van der Waals surface area (Å²) in [7, 11) is 0. The van der Waals surface area contributed by atoms with E-state index in [1.165, 1.54) is 6.92 Å². The van der Waals surface area contributed by atoms with Gasteiger partial charge in [-0.2, -0.15) is 0 Å². The van der Waals surface area contributed by atoms with Gasteiger partial charge < -0.3 is 15.4 Å². The fraction of sp³-hybridized carbons (Fsp3) is 0.700. The molecular weight excluding hydrogens is 210 g/mol. The molecule has 0 rings (SSSR count). The SMILES string of the molecule is CC(=N)NC(=O)CCNC(=O)OC(C)(C)C. The maximum absolute atomic E-state index is 11.2. The Morgan fingerprint density at radius 1 is 1.31 bits per heavy atom. The predicted molar refractivity (Wildman–Crippen MR) is 60.4 cm³/mol. The van der Waals surface area contributed by atoms with E-state index in [1.54, 1.807) is 20.8 Å². The predicted octanol–water partition coefficient (Wildman–Crippen LogP) is 1.01. The minimum absolute atomic E-state index is 0.0854. The van der Waals surface area contributed by atoms with Gasteiger partial charge in [-0.25, -0.2) is 4.79 Å². The van der Waals surface area contributed by atoms with Gasteiger partial charge in [0.25, 0.3) is 0 Å². The van der Waals surface area contributed by atoms with E-state index in [0.717, 1.165) is 0 Å². The zero-order chi connectivity index (χ0) is 12.8. The third kappa shape index (κ3) is 8.98. The van der Waals surface area contributed by atoms with E-state index in [1.807, 2.05) is 0 Å². The molecule has 0 aromatic rings. The average molecular weight is 229 g/mol. The molecule has 0 atom stereocenters. The zero-order valence-corrected chi connectivity index (χ0v) is 10.1. The summed E-state index contributed by atoms with van der Waals surface area (Å²) in [6.45, 7) is 6.94. The number of rotatable bonds is 3. The molecule has 0 aliphatic heterocycles. The first-order valence-electron chi connectivity index (χ1n) is 5.02. The number of amides is 2. The van der Waals surface area contributed by atoms with Crippen LogP contribution in [-0.2, 0) is 9.53 Å². The quantitative estimate of drug-likeness (QED) is 0.498. The average Bonchev–Trinajstić information content (AvgIpc) is 1.98. The summed E-state index contributed by atoms with van der Waals surface area (Å²) in [5.74, 6) is -0.217. The molecule has 0 heterocycles. The highest BCUT2D eigenvalue weighted by Crippen LogP contribution is 2.06. The van der Waals surface area contributed by atoms with Crippen LogP contribution in [0.4, 0.5) is 4.79 Å². The van der Waals surface area contributed by atoms with E-state index in [9.17, 15) is 9.59 Å². The molecule has 3 N–H and O–H groups in total. The standard InChI is InChI=1S/C10H19N3O3/c1-7(11)13-8(14)5-6-12-9(15)16-10(2,3)4/h5-6H2,1-4H3,(H,12,15)(H2,11,13,14). The lowest BCUT2D eigenvalue weighted by Gasteiger charge is -2.19. The summed E-state index contributed by atoms with van der Waals surface area (Å²) in [5, 5.41) is 11.8. The summed E-state index contributed by atoms with van der Waals surface area (Å²) >= 11 is 0. The number of hydrogen-bond donors (Lipinski definition) is 3. The molecule has 0 aliphatic carbocycles. The first-order valence-corrected chi connectivity index (χ1v) is 5.02. The lowest BCUT2D eigenvalue weighted by molar-refractivity contribution is -0.119. The maximum Gasteiger partial charge on any atom is 0.407 e. The van der Waals surface area contributed by atoms with Crippen LogP contribution in [0.3, 0.4) is 0 Å². The lowest BCUT2D eigenvalue weighted by atomic mass is 10.2. The Kier molecular flexibility index (Phi) is 5.49. The van der Waals surface area contributed by atoms with Crippen molar-refractivity contribution in [3.05, 3.63) is 0 Å². The topological polar surface area (TPSA) is 91.3 Å². The van der Waals surface area contributed by atoms with E-state index in [2.05, 4.69) is 10.6 Å². The first-order chi connectivity index (χ1) is 7.20. The van der Waals surface area contributed by atoms with E-state index >= 15 is 0 Å². The van der Waals surface area contributed by atoms with Gasteiger partial charge >= 0.3 is 6.09 Å². The van der Waals surface area contributed by atoms with Gasteiger partial charge in [0.1, 0.15) is 5.60 Å². The smallest absolute Gasteiger partial charge is 0.407 e. The van der Waals surface area contributed by atoms with E-state index < -0.39 is 11.7 Å². The molecule has 0 aromatic heterocycles. The minimum Gasteiger partial charge on any atom is -0.444 e. The van der Waals surface area contributed by atoms with Crippen molar-refractivity contribution >= 4 is 17.8 Å². The molecule has 0 saturated heterocycles. The van der Waals surface area contributed by atoms with Crippen LogP contribution in [0.1, 0.15) is 34.1 Å². The molecule has 0 aromatic carbocycles. The second kappa shape index (κ2) is 6.09. The molecule has 6 heteroatoms. The number of ether oxygens (including phenoxy) is 1. The van der Waals surface area contributed by atoms with Gasteiger partial charge in [-0.3, -0.25) is 10.2 Å². The van der Waals surface area contributed by atoms with E-state index in [-0.39, 0.29) is 24.7 Å². The minimum atomic E-state index is -0.549. The molecule has 0 unspecified atom stereocenters. The fourth-order valence-corrected chi connectivity index (χ4v) is 0.864. The number of nitrogens with one attached hydrogen (secondary N) is 3. The van der Waals surface area contributed by atoms with Crippen LogP contribution in [0.25, 0.3) is 0 Å². The highest BCUT2D eigenvalue weighted by Gasteiger charge is 2.15. The second-order valence-corrected chi connectivity index (χ2v) is 4.35. The fourth-order valence-electron chi connectivity index (χ4n) is 0.864. The lowest BCUT2D eigenvalue weighted by Crippen LogP contribution is -2.35. The van der Waals surface area contributed by atoms with Crippen molar-refractivity contribution in [2.45, 2.75) is 39.7 Å². The van der Waals surface area contributed by atoms with Crippen molar-refractivity contribution in [3.8, 4) is 0 Å². The summed E-state index contributed by atoms with van der Waals surface area (Å²) in [6.07, 6.45) is -0.429. The van der Waals surface area contributed by atoms with Crippen molar-refractivity contribution in [2.75, 3.05) is 6.54 Å². The monoisotopic (exact) mass is 229 g/mol. The number of amidine groups is 1.